The minimum Gasteiger partial charge on any atom is -0.756 e. The number of quaternary nitrogens is 1. The molecule has 2 atom stereocenters. The zero-order valence-corrected chi connectivity index (χ0v) is 25.7. The maximum absolute atomic E-state index is 12.3. The standard InChI is InChI=1S/C28H59N2O6P/c1-6-8-9-10-11-12-13-14-15-16-17-18-19-20-21-22-27(31)29-28(34-7-2)23-25-35-37(32,33)36-26-24-30(3,4)5/h28H,6-26H2,1-5H3,(H-,29,31,32,33). The van der Waals surface area contributed by atoms with Crippen molar-refractivity contribution >= 4 is 13.7 Å². The summed E-state index contributed by atoms with van der Waals surface area (Å²) in [5, 5.41) is 2.84. The number of nitrogens with zero attached hydrogens (tertiary/aromatic N) is 1. The smallest absolute Gasteiger partial charge is 0.268 e. The fourth-order valence-electron chi connectivity index (χ4n) is 4.04. The lowest BCUT2D eigenvalue weighted by Crippen LogP contribution is -2.38. The number of nitrogens with one attached hydrogen (secondary N) is 1. The monoisotopic (exact) mass is 550 g/mol. The van der Waals surface area contributed by atoms with Crippen LogP contribution in [0, 0.1) is 0 Å². The third kappa shape index (κ3) is 26.9. The van der Waals surface area contributed by atoms with Gasteiger partial charge < -0.3 is 28.5 Å². The molecular formula is C28H59N2O6P. The van der Waals surface area contributed by atoms with Gasteiger partial charge in [-0.1, -0.05) is 96.8 Å². The van der Waals surface area contributed by atoms with Crippen LogP contribution in [-0.4, -0.2) is 64.1 Å². The number of carbonyl (C=O) groups excluding carboxylic acids is 1. The number of hydrogen-bond acceptors (Lipinski definition) is 6. The highest BCUT2D eigenvalue weighted by Crippen LogP contribution is 2.38. The first kappa shape index (κ1) is 36.5. The number of unbranched alkanes of at least 4 members (excludes halogenated alkanes) is 14. The molecule has 0 aliphatic rings. The van der Waals surface area contributed by atoms with Crippen molar-refractivity contribution in [2.75, 3.05) is 47.5 Å². The van der Waals surface area contributed by atoms with Gasteiger partial charge in [0.05, 0.1) is 27.7 Å². The number of rotatable bonds is 27. The Morgan fingerprint density at radius 2 is 1.24 bits per heavy atom. The van der Waals surface area contributed by atoms with E-state index in [1.807, 2.05) is 28.1 Å². The fraction of sp³-hybridized carbons (Fsp3) is 0.964. The van der Waals surface area contributed by atoms with E-state index < -0.39 is 14.1 Å². The van der Waals surface area contributed by atoms with Gasteiger partial charge in [-0.2, -0.15) is 0 Å². The highest BCUT2D eigenvalue weighted by atomic mass is 31.2. The molecule has 1 N–H and O–H groups in total. The highest BCUT2D eigenvalue weighted by molar-refractivity contribution is 7.45. The maximum Gasteiger partial charge on any atom is 0.268 e. The van der Waals surface area contributed by atoms with Gasteiger partial charge in [-0.05, 0) is 13.3 Å². The Kier molecular flexibility index (Phi) is 23.1. The molecule has 0 radical (unpaired) electrons. The van der Waals surface area contributed by atoms with Gasteiger partial charge in [0.2, 0.25) is 5.91 Å². The molecule has 0 aromatic heterocycles. The van der Waals surface area contributed by atoms with Crippen molar-refractivity contribution in [1.82, 2.24) is 5.32 Å². The molecule has 37 heavy (non-hydrogen) atoms. The lowest BCUT2D eigenvalue weighted by molar-refractivity contribution is -0.870. The van der Waals surface area contributed by atoms with Crippen LogP contribution in [0.4, 0.5) is 0 Å². The molecule has 0 aliphatic carbocycles. The van der Waals surface area contributed by atoms with Crippen molar-refractivity contribution in [2.45, 2.75) is 129 Å². The third-order valence-corrected chi connectivity index (χ3v) is 7.34. The summed E-state index contributed by atoms with van der Waals surface area (Å²) < 4.78 is 27.9. The molecule has 1 amide bonds. The molecule has 0 heterocycles. The molecule has 0 aromatic carbocycles. The van der Waals surface area contributed by atoms with Crippen LogP contribution in [0.15, 0.2) is 0 Å². The first-order valence-corrected chi connectivity index (χ1v) is 16.4. The predicted octanol–water partition coefficient (Wildman–Crippen LogP) is 6.32. The third-order valence-electron chi connectivity index (χ3n) is 6.34. The normalized spacial score (nSPS) is 14.4. The second-order valence-electron chi connectivity index (χ2n) is 11.1. The number of phosphoric acid groups is 1. The number of ether oxygens (including phenoxy) is 1. The van der Waals surface area contributed by atoms with Gasteiger partial charge in [-0.15, -0.1) is 0 Å². The Morgan fingerprint density at radius 3 is 1.70 bits per heavy atom. The van der Waals surface area contributed by atoms with Crippen LogP contribution in [0.5, 0.6) is 0 Å². The van der Waals surface area contributed by atoms with E-state index in [0.29, 0.717) is 24.1 Å². The quantitative estimate of drug-likeness (QED) is 0.0556. The Hall–Kier alpha value is -0.500. The summed E-state index contributed by atoms with van der Waals surface area (Å²) in [6, 6.07) is 0. The minimum atomic E-state index is -4.36. The molecular weight excluding hydrogens is 491 g/mol. The fourth-order valence-corrected chi connectivity index (χ4v) is 4.75. The van der Waals surface area contributed by atoms with Crippen molar-refractivity contribution in [3.05, 3.63) is 0 Å². The van der Waals surface area contributed by atoms with Crippen LogP contribution in [0.2, 0.25) is 0 Å². The lowest BCUT2D eigenvalue weighted by atomic mass is 10.0. The van der Waals surface area contributed by atoms with Crippen LogP contribution in [0.25, 0.3) is 0 Å². The van der Waals surface area contributed by atoms with E-state index in [4.69, 9.17) is 13.8 Å². The van der Waals surface area contributed by atoms with Gasteiger partial charge >= 0.3 is 0 Å². The van der Waals surface area contributed by atoms with E-state index in [9.17, 15) is 14.3 Å². The average molecular weight is 551 g/mol. The zero-order valence-electron chi connectivity index (χ0n) is 24.8. The van der Waals surface area contributed by atoms with Crippen molar-refractivity contribution in [3.8, 4) is 0 Å². The lowest BCUT2D eigenvalue weighted by Gasteiger charge is -2.27. The van der Waals surface area contributed by atoms with Crippen molar-refractivity contribution < 1.29 is 32.5 Å². The largest absolute Gasteiger partial charge is 0.756 e. The molecule has 0 bridgehead atoms. The summed E-state index contributed by atoms with van der Waals surface area (Å²) in [7, 11) is 1.50. The van der Waals surface area contributed by atoms with Crippen LogP contribution in [0.1, 0.15) is 123 Å². The van der Waals surface area contributed by atoms with E-state index in [1.165, 1.54) is 83.5 Å². The van der Waals surface area contributed by atoms with Crippen molar-refractivity contribution in [3.63, 3.8) is 0 Å². The summed E-state index contributed by atoms with van der Waals surface area (Å²) in [4.78, 5) is 24.2. The van der Waals surface area contributed by atoms with Gasteiger partial charge in [0.15, 0.2) is 0 Å². The van der Waals surface area contributed by atoms with Crippen molar-refractivity contribution in [2.24, 2.45) is 0 Å². The molecule has 0 spiro atoms. The summed E-state index contributed by atoms with van der Waals surface area (Å²) in [6.07, 6.45) is 19.5. The highest BCUT2D eigenvalue weighted by Gasteiger charge is 2.16. The van der Waals surface area contributed by atoms with Crippen LogP contribution >= 0.6 is 7.82 Å². The Morgan fingerprint density at radius 1 is 0.784 bits per heavy atom. The number of phosphoric ester groups is 1. The maximum atomic E-state index is 12.3. The Balaban J connectivity index is 3.77. The minimum absolute atomic E-state index is 0.0646. The number of likely N-dealkylation sites (N-methyl/N-ethyl adjacent to an activating group) is 1. The van der Waals surface area contributed by atoms with Crippen LogP contribution in [0.3, 0.4) is 0 Å². The van der Waals surface area contributed by atoms with Gasteiger partial charge in [0.25, 0.3) is 7.82 Å². The average Bonchev–Trinajstić information content (AvgIpc) is 2.80. The van der Waals surface area contributed by atoms with Gasteiger partial charge in [0.1, 0.15) is 19.4 Å². The summed E-state index contributed by atoms with van der Waals surface area (Å²) >= 11 is 0. The zero-order chi connectivity index (χ0) is 27.8. The summed E-state index contributed by atoms with van der Waals surface area (Å²) in [5.74, 6) is -0.0716. The van der Waals surface area contributed by atoms with Gasteiger partial charge in [-0.25, -0.2) is 0 Å². The Bertz CT molecular complexity index is 586. The molecule has 8 nitrogen and oxygen atoms in total. The van der Waals surface area contributed by atoms with Gasteiger partial charge in [-0.3, -0.25) is 9.36 Å². The van der Waals surface area contributed by atoms with Crippen LogP contribution < -0.4 is 10.2 Å². The second kappa shape index (κ2) is 23.4. The molecule has 0 rings (SSSR count). The number of carbonyl (C=O) groups is 1. The van der Waals surface area contributed by atoms with E-state index in [1.54, 1.807) is 0 Å². The summed E-state index contributed by atoms with van der Waals surface area (Å²) in [5.41, 5.74) is 0. The Labute approximate surface area is 228 Å². The topological polar surface area (TPSA) is 96.9 Å². The molecule has 2 unspecified atom stereocenters. The van der Waals surface area contributed by atoms with E-state index in [0.717, 1.165) is 12.8 Å². The molecule has 0 saturated carbocycles. The van der Waals surface area contributed by atoms with E-state index in [2.05, 4.69) is 12.2 Å². The molecule has 0 aromatic rings. The van der Waals surface area contributed by atoms with E-state index in [-0.39, 0.29) is 25.5 Å². The van der Waals surface area contributed by atoms with Crippen LogP contribution in [-0.2, 0) is 23.1 Å². The SMILES string of the molecule is CCCCCCCCCCCCCCCCCC(=O)NC(CCOP(=O)([O-])OCC[N+](C)(C)C)OCC. The second-order valence-corrected chi connectivity index (χ2v) is 12.5. The van der Waals surface area contributed by atoms with Gasteiger partial charge in [0, 0.05) is 19.4 Å². The molecule has 0 fully saturated rings. The number of amides is 1. The van der Waals surface area contributed by atoms with E-state index >= 15 is 0 Å². The molecule has 222 valence electrons. The first-order valence-electron chi connectivity index (χ1n) is 14.9. The summed E-state index contributed by atoms with van der Waals surface area (Å²) in [6.45, 7) is 5.02. The van der Waals surface area contributed by atoms with Crippen molar-refractivity contribution in [1.29, 1.82) is 0 Å². The molecule has 9 heteroatoms. The molecule has 0 aliphatic heterocycles. The molecule has 0 saturated heterocycles. The first-order chi connectivity index (χ1) is 17.6. The predicted molar refractivity (Wildman–Crippen MR) is 150 cm³/mol. The number of hydrogen-bond donors (Lipinski definition) is 1.